The van der Waals surface area contributed by atoms with Crippen molar-refractivity contribution in [1.82, 2.24) is 0 Å². The Hall–Kier alpha value is -5.42. The van der Waals surface area contributed by atoms with Gasteiger partial charge in [0.15, 0.2) is 28.7 Å². The predicted molar refractivity (Wildman–Crippen MR) is 200 cm³/mol. The zero-order chi connectivity index (χ0) is 36.1. The Balaban J connectivity index is 1.54. The highest BCUT2D eigenvalue weighted by Crippen LogP contribution is 2.70. The molecule has 2 aliphatic carbocycles. The van der Waals surface area contributed by atoms with E-state index in [9.17, 15) is 0 Å². The minimum atomic E-state index is -1.95. The largest absolute Gasteiger partial charge is 0.343 e. The van der Waals surface area contributed by atoms with Gasteiger partial charge >= 0.3 is 0 Å². The quantitative estimate of drug-likeness (QED) is 0.179. The third-order valence-electron chi connectivity index (χ3n) is 11.5. The second kappa shape index (κ2) is 11.0. The molecule has 254 valence electrons. The van der Waals surface area contributed by atoms with Crippen LogP contribution in [0.1, 0.15) is 117 Å². The summed E-state index contributed by atoms with van der Waals surface area (Å²) in [5, 5.41) is 0. The van der Waals surface area contributed by atoms with Crippen LogP contribution in [0, 0.1) is 5.41 Å². The van der Waals surface area contributed by atoms with Crippen LogP contribution in [0.25, 0.3) is 0 Å². The Bertz CT molecular complexity index is 2180. The van der Waals surface area contributed by atoms with Crippen LogP contribution < -0.4 is 4.90 Å². The number of benzene rings is 5. The summed E-state index contributed by atoms with van der Waals surface area (Å²) < 4.78 is 0. The summed E-state index contributed by atoms with van der Waals surface area (Å²) in [5.41, 5.74) is 1.10. The van der Waals surface area contributed by atoms with Gasteiger partial charge in [-0.1, -0.05) is 157 Å². The van der Waals surface area contributed by atoms with Gasteiger partial charge < -0.3 is 4.90 Å². The minimum Gasteiger partial charge on any atom is -0.343 e. The third-order valence-corrected chi connectivity index (χ3v) is 11.5. The molecule has 1 heterocycles. The number of rotatable bonds is 3. The van der Waals surface area contributed by atoms with Crippen LogP contribution in [-0.2, 0) is 10.8 Å². The first-order valence-electron chi connectivity index (χ1n) is 17.7. The standard InChI is InChI=1S/C46H41NO4/c1-43(2,3)30-24-20-28(21-25-30)37-45(39(48)33-16-10-11-17-34(33)40(45)49)38(29-22-26-31(27-23-29)44(4,5)6)47(32-14-8-7-9-15-32)46(37)41(50)35-18-12-13-19-36(35)42(46)51/h7-27,37-38H,1-6H3/t37-,38+/m1/s1. The van der Waals surface area contributed by atoms with Gasteiger partial charge in [0.05, 0.1) is 6.04 Å². The molecule has 3 aliphatic rings. The number of fused-ring (bicyclic) bond motifs is 2. The number of Topliss-reactive ketones (excluding diaryl/α,β-unsaturated/α-hetero) is 4. The molecule has 0 aromatic heterocycles. The summed E-state index contributed by atoms with van der Waals surface area (Å²) in [6.45, 7) is 12.8. The lowest BCUT2D eigenvalue weighted by Gasteiger charge is -2.40. The normalized spacial score (nSPS) is 20.4. The molecule has 1 aliphatic heterocycles. The van der Waals surface area contributed by atoms with Crippen LogP contribution in [0.3, 0.4) is 0 Å². The summed E-state index contributed by atoms with van der Waals surface area (Å²) in [6, 6.07) is 38.1. The monoisotopic (exact) mass is 671 g/mol. The van der Waals surface area contributed by atoms with Crippen LogP contribution in [0.4, 0.5) is 5.69 Å². The molecule has 2 spiro atoms. The fraction of sp³-hybridized carbons (Fsp3) is 0.261. The number of para-hydroxylation sites is 1. The maximum atomic E-state index is 15.6. The van der Waals surface area contributed by atoms with E-state index in [-0.39, 0.29) is 22.4 Å². The maximum absolute atomic E-state index is 15.6. The van der Waals surface area contributed by atoms with E-state index in [4.69, 9.17) is 0 Å². The van der Waals surface area contributed by atoms with Crippen LogP contribution in [0.5, 0.6) is 0 Å². The molecule has 2 atom stereocenters. The van der Waals surface area contributed by atoms with Gasteiger partial charge in [-0.3, -0.25) is 19.2 Å². The van der Waals surface area contributed by atoms with Crippen molar-refractivity contribution in [2.24, 2.45) is 5.41 Å². The van der Waals surface area contributed by atoms with E-state index in [1.54, 1.807) is 48.5 Å². The summed E-state index contributed by atoms with van der Waals surface area (Å²) in [6.07, 6.45) is 0. The molecule has 0 radical (unpaired) electrons. The van der Waals surface area contributed by atoms with Crippen molar-refractivity contribution in [1.29, 1.82) is 0 Å². The van der Waals surface area contributed by atoms with Gasteiger partial charge in [-0.05, 0) is 45.2 Å². The molecule has 5 aromatic carbocycles. The lowest BCUT2D eigenvalue weighted by atomic mass is 9.59. The molecular formula is C46H41NO4. The van der Waals surface area contributed by atoms with E-state index in [1.807, 2.05) is 83.8 Å². The number of carbonyl (C=O) groups excluding carboxylic acids is 4. The molecule has 51 heavy (non-hydrogen) atoms. The minimum absolute atomic E-state index is 0.155. The van der Waals surface area contributed by atoms with Gasteiger partial charge in [0.2, 0.25) is 0 Å². The first-order chi connectivity index (χ1) is 24.2. The third kappa shape index (κ3) is 4.33. The first kappa shape index (κ1) is 32.8. The van der Waals surface area contributed by atoms with Gasteiger partial charge in [0.1, 0.15) is 5.41 Å². The molecule has 0 N–H and O–H groups in total. The zero-order valence-corrected chi connectivity index (χ0v) is 29.9. The van der Waals surface area contributed by atoms with Gasteiger partial charge in [0.25, 0.3) is 0 Å². The van der Waals surface area contributed by atoms with Crippen molar-refractivity contribution in [3.05, 3.63) is 172 Å². The zero-order valence-electron chi connectivity index (χ0n) is 29.9. The fourth-order valence-corrected chi connectivity index (χ4v) is 9.04. The number of hydrogen-bond acceptors (Lipinski definition) is 5. The van der Waals surface area contributed by atoms with E-state index in [0.29, 0.717) is 39.1 Å². The summed E-state index contributed by atoms with van der Waals surface area (Å²) in [5.74, 6) is -2.70. The Morgan fingerprint density at radius 1 is 0.451 bits per heavy atom. The van der Waals surface area contributed by atoms with Crippen LogP contribution in [0.2, 0.25) is 0 Å². The average molecular weight is 672 g/mol. The molecule has 1 fully saturated rings. The van der Waals surface area contributed by atoms with Gasteiger partial charge in [-0.2, -0.15) is 0 Å². The molecular weight excluding hydrogens is 631 g/mol. The number of ketones is 4. The SMILES string of the molecule is CC(C)(C)c1ccc([C@@H]2N(c3ccccc3)C3(C(=O)c4ccccc4C3=O)[C@H](c3ccc(C(C)(C)C)cc3)C23C(=O)c2ccccc2C3=O)cc1. The van der Waals surface area contributed by atoms with Crippen molar-refractivity contribution in [2.75, 3.05) is 4.90 Å². The highest BCUT2D eigenvalue weighted by Gasteiger charge is 2.81. The van der Waals surface area contributed by atoms with Gasteiger partial charge in [-0.25, -0.2) is 0 Å². The van der Waals surface area contributed by atoms with E-state index >= 15 is 19.2 Å². The smallest absolute Gasteiger partial charge is 0.197 e. The first-order valence-corrected chi connectivity index (χ1v) is 17.7. The highest BCUT2D eigenvalue weighted by molar-refractivity contribution is 6.39. The lowest BCUT2D eigenvalue weighted by molar-refractivity contribution is 0.0619. The Kier molecular flexibility index (Phi) is 7.09. The van der Waals surface area contributed by atoms with Gasteiger partial charge in [-0.15, -0.1) is 0 Å². The van der Waals surface area contributed by atoms with E-state index in [0.717, 1.165) is 11.1 Å². The van der Waals surface area contributed by atoms with Crippen molar-refractivity contribution in [3.8, 4) is 0 Å². The summed E-state index contributed by atoms with van der Waals surface area (Å²) in [7, 11) is 0. The highest BCUT2D eigenvalue weighted by atomic mass is 16.2. The molecule has 5 heteroatoms. The molecule has 8 rings (SSSR count). The Labute approximate surface area is 299 Å². The topological polar surface area (TPSA) is 71.5 Å². The predicted octanol–water partition coefficient (Wildman–Crippen LogP) is 9.51. The Morgan fingerprint density at radius 2 is 0.824 bits per heavy atom. The number of hydrogen-bond donors (Lipinski definition) is 0. The second-order valence-electron chi connectivity index (χ2n) is 16.3. The van der Waals surface area contributed by atoms with E-state index < -0.39 is 34.5 Å². The van der Waals surface area contributed by atoms with Crippen molar-refractivity contribution >= 4 is 28.8 Å². The molecule has 0 unspecified atom stereocenters. The number of nitrogens with zero attached hydrogens (tertiary/aromatic N) is 1. The van der Waals surface area contributed by atoms with Crippen LogP contribution in [-0.4, -0.2) is 28.7 Å². The number of carbonyl (C=O) groups is 4. The van der Waals surface area contributed by atoms with E-state index in [1.165, 1.54) is 0 Å². The average Bonchev–Trinajstić information content (AvgIpc) is 3.63. The van der Waals surface area contributed by atoms with Gasteiger partial charge in [0, 0.05) is 33.9 Å². The van der Waals surface area contributed by atoms with Crippen LogP contribution in [0.15, 0.2) is 127 Å². The van der Waals surface area contributed by atoms with Crippen molar-refractivity contribution < 1.29 is 19.2 Å². The van der Waals surface area contributed by atoms with Crippen molar-refractivity contribution in [2.45, 2.75) is 69.9 Å². The summed E-state index contributed by atoms with van der Waals surface area (Å²) in [4.78, 5) is 64.1. The maximum Gasteiger partial charge on any atom is 0.197 e. The van der Waals surface area contributed by atoms with Crippen molar-refractivity contribution in [3.63, 3.8) is 0 Å². The second-order valence-corrected chi connectivity index (χ2v) is 16.3. The molecule has 0 bridgehead atoms. The Morgan fingerprint density at radius 3 is 1.24 bits per heavy atom. The molecule has 0 saturated carbocycles. The molecule has 1 saturated heterocycles. The molecule has 0 amide bonds. The fourth-order valence-electron chi connectivity index (χ4n) is 9.04. The van der Waals surface area contributed by atoms with E-state index in [2.05, 4.69) is 41.5 Å². The summed E-state index contributed by atoms with van der Waals surface area (Å²) >= 11 is 0. The molecule has 5 aromatic rings. The number of anilines is 1. The van der Waals surface area contributed by atoms with Crippen LogP contribution >= 0.6 is 0 Å². The molecule has 5 nitrogen and oxygen atoms in total. The lowest BCUT2D eigenvalue weighted by Crippen LogP contribution is -2.57.